The fraction of sp³-hybridized carbons (Fsp3) is 0.600. The highest BCUT2D eigenvalue weighted by Crippen LogP contribution is 2.60. The summed E-state index contributed by atoms with van der Waals surface area (Å²) in [6.45, 7) is 7.19. The Kier molecular flexibility index (Phi) is 2.20. The predicted molar refractivity (Wildman–Crippen MR) is 71.2 cm³/mol. The minimum Gasteiger partial charge on any atom is -0.125 e. The molecule has 0 nitrogen and oxygen atoms in total. The van der Waals surface area contributed by atoms with E-state index in [4.69, 9.17) is 0 Å². The molecule has 1 heteroatoms. The molecule has 16 heavy (non-hydrogen) atoms. The van der Waals surface area contributed by atoms with E-state index >= 15 is 0 Å². The highest BCUT2D eigenvalue weighted by atomic mass is 32.2. The molecule has 0 unspecified atom stereocenters. The monoisotopic (exact) mass is 232 g/mol. The van der Waals surface area contributed by atoms with Crippen LogP contribution < -0.4 is 0 Å². The molecule has 1 aromatic rings. The van der Waals surface area contributed by atoms with Crippen LogP contribution in [0.2, 0.25) is 0 Å². The van der Waals surface area contributed by atoms with E-state index in [-0.39, 0.29) is 0 Å². The van der Waals surface area contributed by atoms with E-state index in [0.717, 1.165) is 0 Å². The minimum absolute atomic E-state index is 0.432. The average molecular weight is 232 g/mol. The molecule has 0 saturated heterocycles. The second kappa shape index (κ2) is 3.29. The molecule has 3 rings (SSSR count). The second-order valence-corrected chi connectivity index (χ2v) is 7.05. The van der Waals surface area contributed by atoms with Crippen LogP contribution in [-0.2, 0) is 5.41 Å². The molecule has 1 aliphatic carbocycles. The third kappa shape index (κ3) is 1.24. The molecule has 2 aliphatic rings. The van der Waals surface area contributed by atoms with Gasteiger partial charge in [-0.2, -0.15) is 0 Å². The lowest BCUT2D eigenvalue weighted by Crippen LogP contribution is -2.41. The molecular weight excluding hydrogens is 212 g/mol. The fourth-order valence-corrected chi connectivity index (χ4v) is 5.20. The van der Waals surface area contributed by atoms with Crippen molar-refractivity contribution in [3.8, 4) is 0 Å². The summed E-state index contributed by atoms with van der Waals surface area (Å²) in [6, 6.07) is 7.05. The van der Waals surface area contributed by atoms with Crippen LogP contribution in [0.15, 0.2) is 23.1 Å². The summed E-state index contributed by atoms with van der Waals surface area (Å²) in [7, 11) is 0. The standard InChI is InChI=1S/C15H20S/c1-11-5-6-12-13(9-11)16-10-14(2)7-4-8-15(12,14)3/h5-6,9H,4,7-8,10H2,1-3H3/t14-,15+/m0/s1. The van der Waals surface area contributed by atoms with E-state index in [1.54, 1.807) is 10.5 Å². The summed E-state index contributed by atoms with van der Waals surface area (Å²) in [5.41, 5.74) is 3.98. The Morgan fingerprint density at radius 1 is 1.19 bits per heavy atom. The van der Waals surface area contributed by atoms with Crippen molar-refractivity contribution in [2.75, 3.05) is 5.75 Å². The van der Waals surface area contributed by atoms with E-state index in [9.17, 15) is 0 Å². The number of rotatable bonds is 0. The summed E-state index contributed by atoms with van der Waals surface area (Å²) >= 11 is 2.08. The van der Waals surface area contributed by atoms with Gasteiger partial charge in [-0.15, -0.1) is 11.8 Å². The maximum absolute atomic E-state index is 2.50. The van der Waals surface area contributed by atoms with Crippen molar-refractivity contribution in [3.05, 3.63) is 29.3 Å². The largest absolute Gasteiger partial charge is 0.125 e. The van der Waals surface area contributed by atoms with E-state index in [2.05, 4.69) is 50.7 Å². The third-order valence-corrected chi connectivity index (χ3v) is 6.45. The molecule has 1 aromatic carbocycles. The summed E-state index contributed by atoms with van der Waals surface area (Å²) in [5, 5.41) is 0. The van der Waals surface area contributed by atoms with Crippen molar-refractivity contribution in [1.29, 1.82) is 0 Å². The molecule has 0 amide bonds. The van der Waals surface area contributed by atoms with E-state index < -0.39 is 0 Å². The molecule has 0 aromatic heterocycles. The summed E-state index contributed by atoms with van der Waals surface area (Å²) in [5.74, 6) is 1.31. The molecule has 1 aliphatic heterocycles. The topological polar surface area (TPSA) is 0 Å². The first-order valence-electron chi connectivity index (χ1n) is 6.29. The van der Waals surface area contributed by atoms with Gasteiger partial charge in [0, 0.05) is 10.6 Å². The van der Waals surface area contributed by atoms with Gasteiger partial charge in [0.05, 0.1) is 0 Å². The maximum Gasteiger partial charge on any atom is 0.0113 e. The molecule has 1 saturated carbocycles. The lowest BCUT2D eigenvalue weighted by Gasteiger charge is -2.46. The number of fused-ring (bicyclic) bond motifs is 3. The first kappa shape index (κ1) is 10.7. The van der Waals surface area contributed by atoms with Gasteiger partial charge in [0.25, 0.3) is 0 Å². The van der Waals surface area contributed by atoms with Crippen molar-refractivity contribution >= 4 is 11.8 Å². The second-order valence-electron chi connectivity index (χ2n) is 6.03. The first-order chi connectivity index (χ1) is 7.55. The Morgan fingerprint density at radius 3 is 2.81 bits per heavy atom. The Labute approximate surface area is 103 Å². The summed E-state index contributed by atoms with van der Waals surface area (Å²) < 4.78 is 0. The smallest absolute Gasteiger partial charge is 0.0113 e. The highest BCUT2D eigenvalue weighted by molar-refractivity contribution is 7.99. The van der Waals surface area contributed by atoms with E-state index in [1.165, 1.54) is 30.6 Å². The zero-order valence-electron chi connectivity index (χ0n) is 10.5. The van der Waals surface area contributed by atoms with Gasteiger partial charge in [-0.3, -0.25) is 0 Å². The van der Waals surface area contributed by atoms with Crippen molar-refractivity contribution in [1.82, 2.24) is 0 Å². The Morgan fingerprint density at radius 2 is 2.00 bits per heavy atom. The number of hydrogen-bond donors (Lipinski definition) is 0. The number of thioether (sulfide) groups is 1. The van der Waals surface area contributed by atoms with Crippen molar-refractivity contribution in [2.24, 2.45) is 5.41 Å². The van der Waals surface area contributed by atoms with Crippen molar-refractivity contribution in [3.63, 3.8) is 0 Å². The van der Waals surface area contributed by atoms with Crippen LogP contribution >= 0.6 is 11.8 Å². The van der Waals surface area contributed by atoms with Crippen LogP contribution in [0.25, 0.3) is 0 Å². The highest BCUT2D eigenvalue weighted by Gasteiger charge is 2.52. The molecule has 86 valence electrons. The molecule has 0 N–H and O–H groups in total. The summed E-state index contributed by atoms with van der Waals surface area (Å²) in [4.78, 5) is 1.54. The normalized spacial score (nSPS) is 36.9. The molecule has 1 fully saturated rings. The number of hydrogen-bond acceptors (Lipinski definition) is 1. The lowest BCUT2D eigenvalue weighted by molar-refractivity contribution is 0.223. The molecule has 0 spiro atoms. The quantitative estimate of drug-likeness (QED) is 0.632. The number of aryl methyl sites for hydroxylation is 1. The number of benzene rings is 1. The van der Waals surface area contributed by atoms with Crippen LogP contribution in [0, 0.1) is 12.3 Å². The SMILES string of the molecule is Cc1ccc2c(c1)SC[C@]1(C)CCC[C@]21C. The minimum atomic E-state index is 0.432. The molecule has 0 radical (unpaired) electrons. The zero-order valence-corrected chi connectivity index (χ0v) is 11.3. The van der Waals surface area contributed by atoms with E-state index in [0.29, 0.717) is 10.8 Å². The van der Waals surface area contributed by atoms with Gasteiger partial charge in [0.2, 0.25) is 0 Å². The third-order valence-electron chi connectivity index (χ3n) is 5.02. The zero-order chi connectivity index (χ0) is 11.4. The Balaban J connectivity index is 2.18. The fourth-order valence-electron chi connectivity index (χ4n) is 3.54. The van der Waals surface area contributed by atoms with Crippen LogP contribution in [0.5, 0.6) is 0 Å². The average Bonchev–Trinajstić information content (AvgIpc) is 2.55. The van der Waals surface area contributed by atoms with Crippen LogP contribution in [0.3, 0.4) is 0 Å². The summed E-state index contributed by atoms with van der Waals surface area (Å²) in [6.07, 6.45) is 4.19. The Bertz CT molecular complexity index is 437. The Hall–Kier alpha value is -0.430. The maximum atomic E-state index is 2.50. The van der Waals surface area contributed by atoms with Crippen LogP contribution in [0.1, 0.15) is 44.2 Å². The van der Waals surface area contributed by atoms with Gasteiger partial charge in [-0.25, -0.2) is 0 Å². The van der Waals surface area contributed by atoms with Gasteiger partial charge in [0.15, 0.2) is 0 Å². The lowest BCUT2D eigenvalue weighted by atomic mass is 9.65. The van der Waals surface area contributed by atoms with Gasteiger partial charge in [-0.1, -0.05) is 32.4 Å². The van der Waals surface area contributed by atoms with Crippen LogP contribution in [-0.4, -0.2) is 5.75 Å². The van der Waals surface area contributed by atoms with Crippen molar-refractivity contribution < 1.29 is 0 Å². The van der Waals surface area contributed by atoms with Gasteiger partial charge >= 0.3 is 0 Å². The first-order valence-corrected chi connectivity index (χ1v) is 7.28. The molecule has 1 heterocycles. The van der Waals surface area contributed by atoms with E-state index in [1.807, 2.05) is 0 Å². The predicted octanol–water partition coefficient (Wildman–Crippen LogP) is 4.55. The van der Waals surface area contributed by atoms with Gasteiger partial charge in [-0.05, 0) is 47.8 Å². The molecule has 2 atom stereocenters. The van der Waals surface area contributed by atoms with Gasteiger partial charge < -0.3 is 0 Å². The van der Waals surface area contributed by atoms with Gasteiger partial charge in [0.1, 0.15) is 0 Å². The van der Waals surface area contributed by atoms with Crippen molar-refractivity contribution in [2.45, 2.75) is 50.3 Å². The van der Waals surface area contributed by atoms with Crippen LogP contribution in [0.4, 0.5) is 0 Å². The molecular formula is C15H20S. The molecule has 0 bridgehead atoms.